The fourth-order valence-electron chi connectivity index (χ4n) is 1.69. The molecule has 1 aromatic heterocycles. The monoisotopic (exact) mass is 379 g/mol. The van der Waals surface area contributed by atoms with E-state index in [2.05, 4.69) is 15.0 Å². The Labute approximate surface area is 139 Å². The molecule has 2 aromatic rings. The number of carbonyl (C=O) groups excluding carboxylic acids is 1. The largest absolute Gasteiger partial charge is 0.416 e. The molecular weight excluding hydrogens is 367 g/mol. The zero-order chi connectivity index (χ0) is 17.8. The third-order valence-corrected chi connectivity index (χ3v) is 4.94. The number of hydrogen-bond acceptors (Lipinski definition) is 5. The molecule has 24 heavy (non-hydrogen) atoms. The van der Waals surface area contributed by atoms with Crippen molar-refractivity contribution in [2.24, 2.45) is 0 Å². The molecule has 0 fully saturated rings. The van der Waals surface area contributed by atoms with Crippen molar-refractivity contribution < 1.29 is 26.4 Å². The van der Waals surface area contributed by atoms with E-state index in [1.807, 2.05) is 0 Å². The van der Waals surface area contributed by atoms with Gasteiger partial charge in [-0.2, -0.15) is 13.2 Å². The van der Waals surface area contributed by atoms with E-state index in [0.29, 0.717) is 11.2 Å². The van der Waals surface area contributed by atoms with Crippen LogP contribution in [-0.2, 0) is 21.0 Å². The number of benzene rings is 1. The summed E-state index contributed by atoms with van der Waals surface area (Å²) in [6.07, 6.45) is -3.33. The number of nitrogens with zero attached hydrogens (tertiary/aromatic N) is 1. The van der Waals surface area contributed by atoms with Gasteiger partial charge in [-0.1, -0.05) is 6.07 Å². The van der Waals surface area contributed by atoms with Gasteiger partial charge < -0.3 is 5.32 Å². The van der Waals surface area contributed by atoms with E-state index < -0.39 is 32.6 Å². The third kappa shape index (κ3) is 5.01. The summed E-state index contributed by atoms with van der Waals surface area (Å²) in [5.41, 5.74) is -1.06. The van der Waals surface area contributed by atoms with Crippen molar-refractivity contribution in [1.82, 2.24) is 9.71 Å². The van der Waals surface area contributed by atoms with Crippen molar-refractivity contribution in [1.29, 1.82) is 0 Å². The molecule has 0 spiro atoms. The number of halogens is 3. The van der Waals surface area contributed by atoms with Gasteiger partial charge in [0.1, 0.15) is 0 Å². The maximum Gasteiger partial charge on any atom is 0.416 e. The van der Waals surface area contributed by atoms with Gasteiger partial charge in [0.25, 0.3) is 0 Å². The molecule has 1 aromatic carbocycles. The topological polar surface area (TPSA) is 88.2 Å². The first-order valence-corrected chi connectivity index (χ1v) is 8.91. The van der Waals surface area contributed by atoms with Crippen LogP contribution in [0.25, 0.3) is 0 Å². The number of anilines is 1. The minimum Gasteiger partial charge on any atom is -0.302 e. The SMILES string of the molecule is O=C(CCNS(=O)(=O)c1cccc(C(F)(F)F)c1)Nc1nccs1. The molecule has 0 saturated carbocycles. The molecule has 0 unspecified atom stereocenters. The Bertz CT molecular complexity index is 805. The van der Waals surface area contributed by atoms with Crippen molar-refractivity contribution in [2.75, 3.05) is 11.9 Å². The number of rotatable bonds is 6. The Hall–Kier alpha value is -1.98. The maximum absolute atomic E-state index is 12.6. The number of hydrogen-bond donors (Lipinski definition) is 2. The molecule has 0 aliphatic heterocycles. The third-order valence-electron chi connectivity index (χ3n) is 2.79. The Morgan fingerprint density at radius 3 is 2.67 bits per heavy atom. The van der Waals surface area contributed by atoms with Crippen LogP contribution in [0.1, 0.15) is 12.0 Å². The number of amides is 1. The van der Waals surface area contributed by atoms with Crippen molar-refractivity contribution in [3.63, 3.8) is 0 Å². The van der Waals surface area contributed by atoms with Crippen molar-refractivity contribution in [3.8, 4) is 0 Å². The first-order chi connectivity index (χ1) is 11.2. The summed E-state index contributed by atoms with van der Waals surface area (Å²) >= 11 is 1.20. The van der Waals surface area contributed by atoms with Crippen LogP contribution in [0.2, 0.25) is 0 Å². The van der Waals surface area contributed by atoms with Crippen molar-refractivity contribution >= 4 is 32.4 Å². The normalized spacial score (nSPS) is 12.1. The molecule has 1 amide bonds. The van der Waals surface area contributed by atoms with Gasteiger partial charge >= 0.3 is 6.18 Å². The molecule has 2 N–H and O–H groups in total. The molecule has 0 bridgehead atoms. The van der Waals surface area contributed by atoms with Gasteiger partial charge in [-0.15, -0.1) is 11.3 Å². The summed E-state index contributed by atoms with van der Waals surface area (Å²) in [5.74, 6) is -0.461. The number of carbonyl (C=O) groups is 1. The predicted molar refractivity (Wildman–Crippen MR) is 82.0 cm³/mol. The van der Waals surface area contributed by atoms with E-state index in [4.69, 9.17) is 0 Å². The van der Waals surface area contributed by atoms with E-state index in [0.717, 1.165) is 18.2 Å². The Balaban J connectivity index is 1.95. The number of alkyl halides is 3. The molecule has 0 aliphatic carbocycles. The smallest absolute Gasteiger partial charge is 0.302 e. The van der Waals surface area contributed by atoms with Gasteiger partial charge in [-0.3, -0.25) is 4.79 Å². The van der Waals surface area contributed by atoms with Crippen molar-refractivity contribution in [2.45, 2.75) is 17.5 Å². The first-order valence-electron chi connectivity index (χ1n) is 6.55. The highest BCUT2D eigenvalue weighted by atomic mass is 32.2. The fourth-order valence-corrected chi connectivity index (χ4v) is 3.31. The molecule has 0 saturated heterocycles. The van der Waals surface area contributed by atoms with Gasteiger partial charge in [0.15, 0.2) is 5.13 Å². The van der Waals surface area contributed by atoms with Crippen LogP contribution < -0.4 is 10.0 Å². The van der Waals surface area contributed by atoms with E-state index in [-0.39, 0.29) is 13.0 Å². The highest BCUT2D eigenvalue weighted by molar-refractivity contribution is 7.89. The molecular formula is C13H12F3N3O3S2. The van der Waals surface area contributed by atoms with Crippen LogP contribution >= 0.6 is 11.3 Å². The van der Waals surface area contributed by atoms with Gasteiger partial charge in [0.05, 0.1) is 10.5 Å². The molecule has 6 nitrogen and oxygen atoms in total. The Morgan fingerprint density at radius 2 is 2.04 bits per heavy atom. The molecule has 0 atom stereocenters. The lowest BCUT2D eigenvalue weighted by atomic mass is 10.2. The van der Waals surface area contributed by atoms with Gasteiger partial charge in [-0.05, 0) is 18.2 Å². The summed E-state index contributed by atoms with van der Waals surface area (Å²) < 4.78 is 63.9. The lowest BCUT2D eigenvalue weighted by molar-refractivity contribution is -0.137. The minimum atomic E-state index is -4.64. The van der Waals surface area contributed by atoms with Crippen molar-refractivity contribution in [3.05, 3.63) is 41.4 Å². The highest BCUT2D eigenvalue weighted by Crippen LogP contribution is 2.30. The summed E-state index contributed by atoms with van der Waals surface area (Å²) in [6.45, 7) is -0.254. The zero-order valence-electron chi connectivity index (χ0n) is 12.0. The molecule has 130 valence electrons. The van der Waals surface area contributed by atoms with E-state index in [1.54, 1.807) is 5.38 Å². The highest BCUT2D eigenvalue weighted by Gasteiger charge is 2.31. The van der Waals surface area contributed by atoms with E-state index in [9.17, 15) is 26.4 Å². The van der Waals surface area contributed by atoms with E-state index >= 15 is 0 Å². The van der Waals surface area contributed by atoms with Gasteiger partial charge in [-0.25, -0.2) is 18.1 Å². The summed E-state index contributed by atoms with van der Waals surface area (Å²) in [6, 6.07) is 3.37. The first kappa shape index (κ1) is 18.4. The summed E-state index contributed by atoms with van der Waals surface area (Å²) in [4.78, 5) is 14.9. The standard InChI is InChI=1S/C13H12F3N3O3S2/c14-13(15,16)9-2-1-3-10(8-9)24(21,22)18-5-4-11(20)19-12-17-6-7-23-12/h1-3,6-8,18H,4-5H2,(H,17,19,20). The molecule has 1 heterocycles. The van der Waals surface area contributed by atoms with Crippen LogP contribution in [0.15, 0.2) is 40.7 Å². The quantitative estimate of drug-likeness (QED) is 0.807. The lowest BCUT2D eigenvalue weighted by Crippen LogP contribution is -2.28. The second-order valence-electron chi connectivity index (χ2n) is 4.56. The van der Waals surface area contributed by atoms with Gasteiger partial charge in [0.2, 0.25) is 15.9 Å². The number of thiazole rings is 1. The minimum absolute atomic E-state index is 0.183. The molecule has 11 heteroatoms. The predicted octanol–water partition coefficient (Wildman–Crippen LogP) is 2.47. The molecule has 2 rings (SSSR count). The van der Waals surface area contributed by atoms with E-state index in [1.165, 1.54) is 17.5 Å². The Kier molecular flexibility index (Phi) is 5.57. The number of sulfonamides is 1. The lowest BCUT2D eigenvalue weighted by Gasteiger charge is -2.10. The summed E-state index contributed by atoms with van der Waals surface area (Å²) in [5, 5.41) is 4.50. The van der Waals surface area contributed by atoms with Gasteiger partial charge in [0, 0.05) is 24.5 Å². The average molecular weight is 379 g/mol. The van der Waals surface area contributed by atoms with Crippen LogP contribution in [0.3, 0.4) is 0 Å². The fraction of sp³-hybridized carbons (Fsp3) is 0.231. The maximum atomic E-state index is 12.6. The summed E-state index contributed by atoms with van der Waals surface area (Å²) in [7, 11) is -4.14. The van der Waals surface area contributed by atoms with Crippen LogP contribution in [0, 0.1) is 0 Å². The number of nitrogens with one attached hydrogen (secondary N) is 2. The molecule has 0 aliphatic rings. The number of aromatic nitrogens is 1. The van der Waals surface area contributed by atoms with Crippen LogP contribution in [0.4, 0.5) is 18.3 Å². The second-order valence-corrected chi connectivity index (χ2v) is 7.22. The van der Waals surface area contributed by atoms with Crippen LogP contribution in [-0.4, -0.2) is 25.9 Å². The van der Waals surface area contributed by atoms with Crippen LogP contribution in [0.5, 0.6) is 0 Å². The second kappa shape index (κ2) is 7.28. The Morgan fingerprint density at radius 1 is 1.29 bits per heavy atom. The molecule has 0 radical (unpaired) electrons. The zero-order valence-corrected chi connectivity index (χ0v) is 13.6. The average Bonchev–Trinajstić information content (AvgIpc) is 2.99.